The van der Waals surface area contributed by atoms with E-state index in [-0.39, 0.29) is 25.0 Å². The summed E-state index contributed by atoms with van der Waals surface area (Å²) >= 11 is 6.74. The molecule has 2 heterocycles. The number of carboxylic acids is 1. The molecule has 0 saturated carbocycles. The van der Waals surface area contributed by atoms with E-state index in [4.69, 9.17) is 21.1 Å². The van der Waals surface area contributed by atoms with E-state index >= 15 is 0 Å². The van der Waals surface area contributed by atoms with E-state index in [1.807, 2.05) is 30.3 Å². The molecule has 9 heteroatoms. The van der Waals surface area contributed by atoms with Gasteiger partial charge < -0.3 is 25.2 Å². The van der Waals surface area contributed by atoms with Crippen molar-refractivity contribution in [3.8, 4) is 22.6 Å². The smallest absolute Gasteiger partial charge is 0.304 e. The number of hydrogen-bond donors (Lipinski definition) is 3. The number of aromatic nitrogens is 1. The Hall–Kier alpha value is -4.40. The standard InChI is InChI=1S/C35H36ClN3O5/c1-23-26(10-7-12-30(23)25-8-3-2-4-9-25)22-44-33-17-32-27(15-31(33)36)20-39-29(16-34(40)41)11-5-6-13-38-35(42)28-14-24(21-43-32)18-37-19-28/h2-4,7-10,12,14-15,17-19,29,39H,5-6,11,13,16,20-22H2,1H3,(H,38,42)(H,40,41)/t29-/m0/s1. The van der Waals surface area contributed by atoms with Crippen molar-refractivity contribution in [2.75, 3.05) is 6.54 Å². The summed E-state index contributed by atoms with van der Waals surface area (Å²) in [6.07, 6.45) is 5.31. The summed E-state index contributed by atoms with van der Waals surface area (Å²) in [5.74, 6) is -0.0671. The summed E-state index contributed by atoms with van der Waals surface area (Å²) in [5, 5.41) is 16.2. The van der Waals surface area contributed by atoms with Gasteiger partial charge in [-0.1, -0.05) is 66.6 Å². The van der Waals surface area contributed by atoms with Gasteiger partial charge in [0.05, 0.1) is 17.0 Å². The number of nitrogens with zero attached hydrogens (tertiary/aromatic N) is 1. The van der Waals surface area contributed by atoms with Crippen molar-refractivity contribution >= 4 is 23.5 Å². The number of nitrogens with one attached hydrogen (secondary N) is 2. The number of amides is 1. The van der Waals surface area contributed by atoms with E-state index in [9.17, 15) is 14.7 Å². The molecular weight excluding hydrogens is 578 g/mol. The Labute approximate surface area is 262 Å². The number of pyridine rings is 1. The number of aliphatic carboxylic acids is 1. The zero-order chi connectivity index (χ0) is 30.9. The lowest BCUT2D eigenvalue weighted by Crippen LogP contribution is -2.31. The highest BCUT2D eigenvalue weighted by Crippen LogP contribution is 2.35. The van der Waals surface area contributed by atoms with Gasteiger partial charge in [0.1, 0.15) is 24.7 Å². The maximum absolute atomic E-state index is 12.7. The zero-order valence-electron chi connectivity index (χ0n) is 24.6. The first-order chi connectivity index (χ1) is 21.4. The lowest BCUT2D eigenvalue weighted by molar-refractivity contribution is -0.137. The molecule has 1 amide bonds. The van der Waals surface area contributed by atoms with Crippen LogP contribution in [0.3, 0.4) is 0 Å². The number of carbonyl (C=O) groups excluding carboxylic acids is 1. The van der Waals surface area contributed by atoms with Crippen LogP contribution in [0, 0.1) is 6.92 Å². The van der Waals surface area contributed by atoms with E-state index in [0.717, 1.165) is 46.2 Å². The zero-order valence-corrected chi connectivity index (χ0v) is 25.4. The minimum absolute atomic E-state index is 0.0187. The van der Waals surface area contributed by atoms with E-state index < -0.39 is 5.97 Å². The molecule has 228 valence electrons. The summed E-state index contributed by atoms with van der Waals surface area (Å²) in [6, 6.07) is 21.5. The second-order valence-corrected chi connectivity index (χ2v) is 11.3. The van der Waals surface area contributed by atoms with Crippen molar-refractivity contribution in [3.63, 3.8) is 0 Å². The number of carboxylic acid groups (broad SMARTS) is 1. The Morgan fingerprint density at radius 3 is 2.73 bits per heavy atom. The summed E-state index contributed by atoms with van der Waals surface area (Å²) in [7, 11) is 0. The number of ether oxygens (including phenoxy) is 2. The van der Waals surface area contributed by atoms with E-state index in [0.29, 0.717) is 48.2 Å². The van der Waals surface area contributed by atoms with Crippen molar-refractivity contribution in [1.82, 2.24) is 15.6 Å². The first-order valence-corrected chi connectivity index (χ1v) is 15.1. The third-order valence-electron chi connectivity index (χ3n) is 7.75. The maximum atomic E-state index is 12.7. The van der Waals surface area contributed by atoms with Crippen LogP contribution < -0.4 is 20.1 Å². The predicted molar refractivity (Wildman–Crippen MR) is 170 cm³/mol. The van der Waals surface area contributed by atoms with Crippen LogP contribution in [0.1, 0.15) is 58.3 Å². The lowest BCUT2D eigenvalue weighted by atomic mass is 9.97. The molecule has 44 heavy (non-hydrogen) atoms. The van der Waals surface area contributed by atoms with Crippen molar-refractivity contribution in [1.29, 1.82) is 0 Å². The molecule has 0 fully saturated rings. The molecular formula is C35H36ClN3O5. The SMILES string of the molecule is Cc1c(COc2cc3c(cc2Cl)CN[C@H](CC(=O)O)CCCCNC(=O)c2cncc(c2)CO3)cccc1-c1ccccc1. The minimum atomic E-state index is -0.874. The molecule has 0 spiro atoms. The molecule has 1 atom stereocenters. The number of fused-ring (bicyclic) bond motifs is 3. The van der Waals surface area contributed by atoms with Crippen molar-refractivity contribution in [3.05, 3.63) is 112 Å². The molecule has 3 N–H and O–H groups in total. The highest BCUT2D eigenvalue weighted by Gasteiger charge is 2.18. The summed E-state index contributed by atoms with van der Waals surface area (Å²) < 4.78 is 12.5. The molecule has 5 rings (SSSR count). The van der Waals surface area contributed by atoms with Gasteiger partial charge in [0.2, 0.25) is 0 Å². The molecule has 1 aromatic heterocycles. The van der Waals surface area contributed by atoms with E-state index in [2.05, 4.69) is 40.7 Å². The van der Waals surface area contributed by atoms with Gasteiger partial charge in [0.15, 0.2) is 0 Å². The third kappa shape index (κ3) is 8.15. The molecule has 0 aliphatic carbocycles. The molecule has 1 aliphatic rings. The third-order valence-corrected chi connectivity index (χ3v) is 8.04. The first-order valence-electron chi connectivity index (χ1n) is 14.8. The molecule has 4 aromatic rings. The van der Waals surface area contributed by atoms with Gasteiger partial charge in [-0.25, -0.2) is 0 Å². The van der Waals surface area contributed by atoms with Crippen LogP contribution in [-0.4, -0.2) is 34.6 Å². The average Bonchev–Trinajstić information content (AvgIpc) is 3.02. The minimum Gasteiger partial charge on any atom is -0.488 e. The normalized spacial score (nSPS) is 15.9. The number of rotatable bonds is 6. The average molecular weight is 614 g/mol. The maximum Gasteiger partial charge on any atom is 0.304 e. The Kier molecular flexibility index (Phi) is 10.5. The quantitative estimate of drug-likeness (QED) is 0.222. The van der Waals surface area contributed by atoms with Crippen LogP contribution in [0.15, 0.2) is 79.1 Å². The highest BCUT2D eigenvalue weighted by atomic mass is 35.5. The number of benzene rings is 3. The van der Waals surface area contributed by atoms with E-state index in [1.165, 1.54) is 6.20 Å². The Bertz CT molecular complexity index is 1610. The fourth-order valence-electron chi connectivity index (χ4n) is 5.30. The lowest BCUT2D eigenvalue weighted by Gasteiger charge is -2.20. The molecule has 8 nitrogen and oxygen atoms in total. The second kappa shape index (κ2) is 14.9. The number of carbonyl (C=O) groups is 2. The highest BCUT2D eigenvalue weighted by molar-refractivity contribution is 6.32. The molecule has 1 aliphatic heterocycles. The molecule has 0 radical (unpaired) electrons. The van der Waals surface area contributed by atoms with Gasteiger partial charge in [-0.3, -0.25) is 14.6 Å². The van der Waals surface area contributed by atoms with Crippen LogP contribution >= 0.6 is 11.6 Å². The second-order valence-electron chi connectivity index (χ2n) is 10.9. The van der Waals surface area contributed by atoms with Crippen LogP contribution in [0.2, 0.25) is 5.02 Å². The predicted octanol–water partition coefficient (Wildman–Crippen LogP) is 6.72. The van der Waals surface area contributed by atoms with Crippen LogP contribution in [0.25, 0.3) is 11.1 Å². The van der Waals surface area contributed by atoms with Crippen molar-refractivity contribution in [2.45, 2.75) is 58.4 Å². The first kappa shape index (κ1) is 31.0. The number of halogens is 1. The summed E-state index contributed by atoms with van der Waals surface area (Å²) in [6.45, 7) is 3.42. The van der Waals surface area contributed by atoms with Gasteiger partial charge in [-0.2, -0.15) is 0 Å². The van der Waals surface area contributed by atoms with Gasteiger partial charge in [-0.05, 0) is 54.2 Å². The van der Waals surface area contributed by atoms with Crippen LogP contribution in [-0.2, 0) is 24.6 Å². The molecule has 0 saturated heterocycles. The molecule has 3 aromatic carbocycles. The Morgan fingerprint density at radius 1 is 1.07 bits per heavy atom. The van der Waals surface area contributed by atoms with Crippen LogP contribution in [0.4, 0.5) is 0 Å². The van der Waals surface area contributed by atoms with Gasteiger partial charge >= 0.3 is 5.97 Å². The van der Waals surface area contributed by atoms with Gasteiger partial charge in [-0.15, -0.1) is 0 Å². The summed E-state index contributed by atoms with van der Waals surface area (Å²) in [5.41, 5.74) is 6.41. The Balaban J connectivity index is 1.41. The van der Waals surface area contributed by atoms with Crippen molar-refractivity contribution < 1.29 is 24.2 Å². The topological polar surface area (TPSA) is 110 Å². The van der Waals surface area contributed by atoms with Gasteiger partial charge in [0, 0.05) is 48.7 Å². The fourth-order valence-corrected chi connectivity index (χ4v) is 5.54. The molecule has 2 bridgehead atoms. The van der Waals surface area contributed by atoms with Crippen LogP contribution in [0.5, 0.6) is 11.5 Å². The van der Waals surface area contributed by atoms with Crippen molar-refractivity contribution in [2.24, 2.45) is 0 Å². The largest absolute Gasteiger partial charge is 0.488 e. The summed E-state index contributed by atoms with van der Waals surface area (Å²) in [4.78, 5) is 28.4. The van der Waals surface area contributed by atoms with Gasteiger partial charge in [0.25, 0.3) is 5.91 Å². The Morgan fingerprint density at radius 2 is 1.91 bits per heavy atom. The monoisotopic (exact) mass is 613 g/mol. The fraction of sp³-hybridized carbons (Fsp3) is 0.286. The van der Waals surface area contributed by atoms with E-state index in [1.54, 1.807) is 24.4 Å². The molecule has 0 unspecified atom stereocenters. The number of hydrogen-bond acceptors (Lipinski definition) is 6.